The molecule has 0 atom stereocenters. The first-order valence-corrected chi connectivity index (χ1v) is 10.2. The van der Waals surface area contributed by atoms with Crippen molar-refractivity contribution in [2.45, 2.75) is 13.5 Å². The second kappa shape index (κ2) is 10.0. The lowest BCUT2D eigenvalue weighted by Gasteiger charge is -2.09. The number of hydrogen-bond donors (Lipinski definition) is 1. The van der Waals surface area contributed by atoms with E-state index < -0.39 is 5.91 Å². The maximum atomic E-state index is 13.3. The van der Waals surface area contributed by atoms with Crippen LogP contribution in [0.3, 0.4) is 0 Å². The number of nitrogens with zero attached hydrogens (tertiary/aromatic N) is 1. The number of nitriles is 1. The van der Waals surface area contributed by atoms with E-state index >= 15 is 0 Å². The highest BCUT2D eigenvalue weighted by molar-refractivity contribution is 14.1. The van der Waals surface area contributed by atoms with Gasteiger partial charge in [-0.15, -0.1) is 0 Å². The number of hydrogen-bond acceptors (Lipinski definition) is 3. The maximum absolute atomic E-state index is 13.3. The average Bonchev–Trinajstić information content (AvgIpc) is 2.73. The van der Waals surface area contributed by atoms with Gasteiger partial charge in [-0.05, 0) is 83.1 Å². The van der Waals surface area contributed by atoms with E-state index in [1.165, 1.54) is 18.2 Å². The number of benzene rings is 3. The monoisotopic (exact) mass is 512 g/mol. The van der Waals surface area contributed by atoms with E-state index in [0.717, 1.165) is 14.7 Å². The Morgan fingerprint density at radius 3 is 2.60 bits per heavy atom. The summed E-state index contributed by atoms with van der Waals surface area (Å²) in [6, 6.07) is 20.9. The lowest BCUT2D eigenvalue weighted by Crippen LogP contribution is -2.13. The van der Waals surface area contributed by atoms with Crippen LogP contribution < -0.4 is 10.1 Å². The molecular formula is C24H18FIN2O2. The van der Waals surface area contributed by atoms with Gasteiger partial charge in [0.2, 0.25) is 0 Å². The van der Waals surface area contributed by atoms with Crippen LogP contribution in [-0.2, 0) is 11.4 Å². The van der Waals surface area contributed by atoms with Gasteiger partial charge in [0, 0.05) is 5.69 Å². The molecule has 4 nitrogen and oxygen atoms in total. The Hall–Kier alpha value is -3.18. The summed E-state index contributed by atoms with van der Waals surface area (Å²) >= 11 is 2.12. The standard InChI is InChI=1S/C24H18FIN2O2/c1-16-5-8-21(9-6-16)28-24(29)19(14-27)11-17-7-10-23(22(26)13-17)30-15-18-3-2-4-20(25)12-18/h2-13H,15H2,1H3,(H,28,29)/b19-11+. The minimum absolute atomic E-state index is 0.000181. The molecule has 0 saturated heterocycles. The van der Waals surface area contributed by atoms with Crippen molar-refractivity contribution in [3.8, 4) is 11.8 Å². The fraction of sp³-hybridized carbons (Fsp3) is 0.0833. The fourth-order valence-electron chi connectivity index (χ4n) is 2.66. The quantitative estimate of drug-likeness (QED) is 0.256. The van der Waals surface area contributed by atoms with Gasteiger partial charge in [-0.3, -0.25) is 4.79 Å². The van der Waals surface area contributed by atoms with Crippen LogP contribution in [0.5, 0.6) is 5.75 Å². The first kappa shape index (κ1) is 21.5. The number of amides is 1. The molecule has 6 heteroatoms. The summed E-state index contributed by atoms with van der Waals surface area (Å²) in [4.78, 5) is 12.4. The highest BCUT2D eigenvalue weighted by atomic mass is 127. The molecule has 0 spiro atoms. The number of rotatable bonds is 6. The molecule has 0 aliphatic rings. The second-order valence-corrected chi connectivity index (χ2v) is 7.76. The number of nitrogens with one attached hydrogen (secondary N) is 1. The van der Waals surface area contributed by atoms with Crippen molar-refractivity contribution >= 4 is 40.3 Å². The fourth-order valence-corrected chi connectivity index (χ4v) is 3.36. The zero-order valence-electron chi connectivity index (χ0n) is 16.2. The van der Waals surface area contributed by atoms with E-state index in [9.17, 15) is 14.4 Å². The SMILES string of the molecule is Cc1ccc(NC(=O)/C(C#N)=C/c2ccc(OCc3cccc(F)c3)c(I)c2)cc1. The van der Waals surface area contributed by atoms with Crippen LogP contribution in [0, 0.1) is 27.6 Å². The van der Waals surface area contributed by atoms with Gasteiger partial charge in [0.25, 0.3) is 5.91 Å². The molecule has 1 N–H and O–H groups in total. The van der Waals surface area contributed by atoms with Crippen molar-refractivity contribution in [3.63, 3.8) is 0 Å². The highest BCUT2D eigenvalue weighted by Crippen LogP contribution is 2.24. The van der Waals surface area contributed by atoms with Crippen LogP contribution in [0.25, 0.3) is 6.08 Å². The summed E-state index contributed by atoms with van der Waals surface area (Å²) in [5.74, 6) is -0.137. The number of ether oxygens (including phenoxy) is 1. The van der Waals surface area contributed by atoms with Crippen LogP contribution in [-0.4, -0.2) is 5.91 Å². The first-order chi connectivity index (χ1) is 14.4. The molecule has 0 aromatic heterocycles. The van der Waals surface area contributed by atoms with Gasteiger partial charge in [-0.25, -0.2) is 4.39 Å². The van der Waals surface area contributed by atoms with Crippen molar-refractivity contribution in [2.75, 3.05) is 5.32 Å². The van der Waals surface area contributed by atoms with Gasteiger partial charge in [-0.1, -0.05) is 35.9 Å². The Kier molecular flexibility index (Phi) is 7.20. The maximum Gasteiger partial charge on any atom is 0.266 e. The molecule has 0 radical (unpaired) electrons. The molecule has 0 bridgehead atoms. The Bertz CT molecular complexity index is 1130. The third kappa shape index (κ3) is 5.91. The van der Waals surface area contributed by atoms with Gasteiger partial charge >= 0.3 is 0 Å². The molecule has 150 valence electrons. The number of carbonyl (C=O) groups is 1. The first-order valence-electron chi connectivity index (χ1n) is 9.11. The Balaban J connectivity index is 1.70. The van der Waals surface area contributed by atoms with Crippen molar-refractivity contribution < 1.29 is 13.9 Å². The molecule has 3 aromatic carbocycles. The Morgan fingerprint density at radius 2 is 1.93 bits per heavy atom. The molecule has 0 fully saturated rings. The van der Waals surface area contributed by atoms with Gasteiger partial charge in [0.15, 0.2) is 0 Å². The predicted molar refractivity (Wildman–Crippen MR) is 123 cm³/mol. The summed E-state index contributed by atoms with van der Waals surface area (Å²) in [5.41, 5.74) is 3.14. The molecule has 0 aliphatic heterocycles. The smallest absolute Gasteiger partial charge is 0.266 e. The van der Waals surface area contributed by atoms with Crippen molar-refractivity contribution in [3.05, 3.63) is 98.4 Å². The molecule has 3 aromatic rings. The van der Waals surface area contributed by atoms with Crippen LogP contribution >= 0.6 is 22.6 Å². The van der Waals surface area contributed by atoms with Crippen molar-refractivity contribution in [1.82, 2.24) is 0 Å². The van der Waals surface area contributed by atoms with Gasteiger partial charge in [0.05, 0.1) is 3.57 Å². The third-order valence-electron chi connectivity index (χ3n) is 4.22. The number of halogens is 2. The predicted octanol–water partition coefficient (Wildman–Crippen LogP) is 5.86. The lowest BCUT2D eigenvalue weighted by molar-refractivity contribution is -0.112. The van der Waals surface area contributed by atoms with Crippen molar-refractivity contribution in [2.24, 2.45) is 0 Å². The van der Waals surface area contributed by atoms with Crippen LogP contribution in [0.1, 0.15) is 16.7 Å². The summed E-state index contributed by atoms with van der Waals surface area (Å²) in [7, 11) is 0. The number of anilines is 1. The normalized spacial score (nSPS) is 10.9. The van der Waals surface area contributed by atoms with Gasteiger partial charge < -0.3 is 10.1 Å². The van der Waals surface area contributed by atoms with Crippen molar-refractivity contribution in [1.29, 1.82) is 5.26 Å². The molecule has 30 heavy (non-hydrogen) atoms. The zero-order valence-corrected chi connectivity index (χ0v) is 18.3. The van der Waals surface area contributed by atoms with E-state index in [1.807, 2.05) is 31.2 Å². The minimum atomic E-state index is -0.470. The van der Waals surface area contributed by atoms with E-state index in [0.29, 0.717) is 17.0 Å². The summed E-state index contributed by atoms with van der Waals surface area (Å²) in [5, 5.41) is 12.1. The molecule has 0 heterocycles. The third-order valence-corrected chi connectivity index (χ3v) is 5.07. The molecule has 0 aliphatic carbocycles. The van der Waals surface area contributed by atoms with Crippen LogP contribution in [0.2, 0.25) is 0 Å². The number of carbonyl (C=O) groups excluding carboxylic acids is 1. The average molecular weight is 512 g/mol. The Labute approximate surface area is 188 Å². The van der Waals surface area contributed by atoms with Crippen LogP contribution in [0.4, 0.5) is 10.1 Å². The molecule has 1 amide bonds. The van der Waals surface area contributed by atoms with Gasteiger partial charge in [-0.2, -0.15) is 5.26 Å². The minimum Gasteiger partial charge on any atom is -0.488 e. The van der Waals surface area contributed by atoms with Crippen LogP contribution in [0.15, 0.2) is 72.3 Å². The summed E-state index contributed by atoms with van der Waals surface area (Å²) in [6.45, 7) is 2.20. The zero-order chi connectivity index (χ0) is 21.5. The molecular weight excluding hydrogens is 494 g/mol. The molecule has 0 saturated carbocycles. The summed E-state index contributed by atoms with van der Waals surface area (Å²) in [6.07, 6.45) is 1.53. The molecule has 0 unspecified atom stereocenters. The largest absolute Gasteiger partial charge is 0.488 e. The topological polar surface area (TPSA) is 62.1 Å². The van der Waals surface area contributed by atoms with Gasteiger partial charge in [0.1, 0.15) is 29.8 Å². The van der Waals surface area contributed by atoms with E-state index in [2.05, 4.69) is 27.9 Å². The van der Waals surface area contributed by atoms with E-state index in [4.69, 9.17) is 4.74 Å². The molecule has 3 rings (SSSR count). The number of aryl methyl sites for hydroxylation is 1. The Morgan fingerprint density at radius 1 is 1.17 bits per heavy atom. The highest BCUT2D eigenvalue weighted by Gasteiger charge is 2.10. The second-order valence-electron chi connectivity index (χ2n) is 6.60. The van der Waals surface area contributed by atoms with E-state index in [-0.39, 0.29) is 18.0 Å². The lowest BCUT2D eigenvalue weighted by atomic mass is 10.1. The summed E-state index contributed by atoms with van der Waals surface area (Å²) < 4.78 is 19.9. The van der Waals surface area contributed by atoms with E-state index in [1.54, 1.807) is 36.4 Å².